The molecule has 3 heterocycles. The van der Waals surface area contributed by atoms with Gasteiger partial charge in [-0.3, -0.25) is 19.6 Å². The monoisotopic (exact) mass is 352 g/mol. The lowest BCUT2D eigenvalue weighted by Gasteiger charge is -2.35. The summed E-state index contributed by atoms with van der Waals surface area (Å²) in [5, 5.41) is 10.9. The lowest BCUT2D eigenvalue weighted by molar-refractivity contribution is -0.385. The zero-order valence-electron chi connectivity index (χ0n) is 13.7. The summed E-state index contributed by atoms with van der Waals surface area (Å²) < 4.78 is 26.6. The van der Waals surface area contributed by atoms with Gasteiger partial charge in [-0.15, -0.1) is 0 Å². The van der Waals surface area contributed by atoms with Gasteiger partial charge in [-0.05, 0) is 13.0 Å². The van der Waals surface area contributed by atoms with Crippen LogP contribution in [0.25, 0.3) is 0 Å². The lowest BCUT2D eigenvalue weighted by Crippen LogP contribution is -2.46. The van der Waals surface area contributed by atoms with Gasteiger partial charge in [0.15, 0.2) is 0 Å². The number of hydrogen-bond donors (Lipinski definition) is 0. The van der Waals surface area contributed by atoms with E-state index in [9.17, 15) is 18.9 Å². The van der Waals surface area contributed by atoms with Crippen LogP contribution >= 0.6 is 0 Å². The number of imidazole rings is 1. The zero-order valence-corrected chi connectivity index (χ0v) is 13.7. The quantitative estimate of drug-likeness (QED) is 0.606. The Hall–Kier alpha value is -2.62. The van der Waals surface area contributed by atoms with Crippen molar-refractivity contribution in [1.29, 1.82) is 0 Å². The number of nitrogens with zero attached hydrogens (tertiary/aromatic N) is 6. The molecular formula is C15H18F2N6O2. The standard InChI is InChI=1S/C15H18F2N6O2/c1-11-8-13(19-9-12(11)23(24)25)21-6-4-20(5-7-21)10-14-18-2-3-22(14)15(16)17/h2-3,8-9,15H,4-7,10H2,1H3. The van der Waals surface area contributed by atoms with Gasteiger partial charge in [0.05, 0.1) is 11.5 Å². The van der Waals surface area contributed by atoms with E-state index in [0.29, 0.717) is 49.9 Å². The van der Waals surface area contributed by atoms with Crippen LogP contribution < -0.4 is 4.90 Å². The Bertz CT molecular complexity index is 758. The minimum absolute atomic E-state index is 0.00113. The molecule has 1 saturated heterocycles. The summed E-state index contributed by atoms with van der Waals surface area (Å²) in [6.45, 7) is 2.13. The molecule has 0 radical (unpaired) electrons. The van der Waals surface area contributed by atoms with Crippen molar-refractivity contribution in [2.75, 3.05) is 31.1 Å². The fraction of sp³-hybridized carbons (Fsp3) is 0.467. The highest BCUT2D eigenvalue weighted by molar-refractivity contribution is 5.48. The van der Waals surface area contributed by atoms with Crippen molar-refractivity contribution in [3.8, 4) is 0 Å². The minimum atomic E-state index is -2.59. The van der Waals surface area contributed by atoms with E-state index in [-0.39, 0.29) is 5.69 Å². The number of hydrogen-bond acceptors (Lipinski definition) is 6. The van der Waals surface area contributed by atoms with Crippen LogP contribution in [0.2, 0.25) is 0 Å². The maximum atomic E-state index is 12.9. The smallest absolute Gasteiger partial charge is 0.319 e. The van der Waals surface area contributed by atoms with Gasteiger partial charge in [-0.25, -0.2) is 9.97 Å². The summed E-state index contributed by atoms with van der Waals surface area (Å²) in [4.78, 5) is 22.7. The first-order chi connectivity index (χ1) is 12.0. The average Bonchev–Trinajstić information content (AvgIpc) is 3.03. The predicted octanol–water partition coefficient (Wildman–Crippen LogP) is 2.21. The summed E-state index contributed by atoms with van der Waals surface area (Å²) >= 11 is 0. The third-order valence-corrected chi connectivity index (χ3v) is 4.29. The number of nitro groups is 1. The number of pyridine rings is 1. The molecule has 8 nitrogen and oxygen atoms in total. The molecule has 0 saturated carbocycles. The van der Waals surface area contributed by atoms with E-state index in [2.05, 4.69) is 14.9 Å². The normalized spacial score (nSPS) is 15.8. The number of alkyl halides is 2. The predicted molar refractivity (Wildman–Crippen MR) is 86.6 cm³/mol. The van der Waals surface area contributed by atoms with Gasteiger partial charge in [0.25, 0.3) is 5.69 Å². The fourth-order valence-corrected chi connectivity index (χ4v) is 2.88. The van der Waals surface area contributed by atoms with E-state index in [1.165, 1.54) is 18.6 Å². The van der Waals surface area contributed by atoms with Gasteiger partial charge in [0, 0.05) is 44.1 Å². The largest absolute Gasteiger partial charge is 0.354 e. The summed E-state index contributed by atoms with van der Waals surface area (Å²) in [7, 11) is 0. The summed E-state index contributed by atoms with van der Waals surface area (Å²) in [5.74, 6) is 1.03. The molecule has 0 unspecified atom stereocenters. The molecule has 0 atom stereocenters. The van der Waals surface area contributed by atoms with E-state index in [1.807, 2.05) is 4.90 Å². The van der Waals surface area contributed by atoms with Crippen LogP contribution in [0.1, 0.15) is 17.9 Å². The molecule has 2 aromatic heterocycles. The highest BCUT2D eigenvalue weighted by Gasteiger charge is 2.22. The number of rotatable bonds is 5. The maximum Gasteiger partial charge on any atom is 0.319 e. The Morgan fingerprint density at radius 3 is 2.60 bits per heavy atom. The van der Waals surface area contributed by atoms with E-state index >= 15 is 0 Å². The van der Waals surface area contributed by atoms with Crippen LogP contribution in [0.15, 0.2) is 24.7 Å². The van der Waals surface area contributed by atoms with E-state index < -0.39 is 11.5 Å². The van der Waals surface area contributed by atoms with Crippen LogP contribution in [0.5, 0.6) is 0 Å². The summed E-state index contributed by atoms with van der Waals surface area (Å²) in [5.41, 5.74) is 0.567. The highest BCUT2D eigenvalue weighted by Crippen LogP contribution is 2.22. The van der Waals surface area contributed by atoms with E-state index in [0.717, 1.165) is 4.57 Å². The number of aryl methyl sites for hydroxylation is 1. The van der Waals surface area contributed by atoms with Crippen molar-refractivity contribution < 1.29 is 13.7 Å². The molecule has 0 aromatic carbocycles. The number of halogens is 2. The molecule has 1 aliphatic heterocycles. The molecule has 10 heteroatoms. The molecule has 1 aliphatic rings. The third kappa shape index (κ3) is 3.73. The molecule has 0 amide bonds. The van der Waals surface area contributed by atoms with Crippen LogP contribution in [-0.4, -0.2) is 50.5 Å². The van der Waals surface area contributed by atoms with Gasteiger partial charge in [-0.1, -0.05) is 0 Å². The first kappa shape index (κ1) is 17.2. The van der Waals surface area contributed by atoms with Crippen molar-refractivity contribution in [3.05, 3.63) is 46.2 Å². The molecule has 0 aliphatic carbocycles. The first-order valence-electron chi connectivity index (χ1n) is 7.84. The molecule has 2 aromatic rings. The molecule has 1 fully saturated rings. The van der Waals surface area contributed by atoms with Gasteiger partial charge in [0.2, 0.25) is 0 Å². The molecule has 0 N–H and O–H groups in total. The number of piperazine rings is 1. The van der Waals surface area contributed by atoms with Crippen molar-refractivity contribution in [2.24, 2.45) is 0 Å². The molecule has 3 rings (SSSR count). The van der Waals surface area contributed by atoms with Crippen LogP contribution in [0.4, 0.5) is 20.3 Å². The average molecular weight is 352 g/mol. The molecule has 134 valence electrons. The van der Waals surface area contributed by atoms with Crippen LogP contribution in [-0.2, 0) is 6.54 Å². The minimum Gasteiger partial charge on any atom is -0.354 e. The van der Waals surface area contributed by atoms with Crippen LogP contribution in [0.3, 0.4) is 0 Å². The highest BCUT2D eigenvalue weighted by atomic mass is 19.3. The van der Waals surface area contributed by atoms with Gasteiger partial charge < -0.3 is 4.90 Å². The Labute approximate surface area is 142 Å². The zero-order chi connectivity index (χ0) is 18.0. The Kier molecular flexibility index (Phi) is 4.88. The second kappa shape index (κ2) is 7.09. The van der Waals surface area contributed by atoms with Gasteiger partial charge in [-0.2, -0.15) is 8.78 Å². The summed E-state index contributed by atoms with van der Waals surface area (Å²) in [6.07, 6.45) is 3.93. The van der Waals surface area contributed by atoms with Crippen molar-refractivity contribution in [1.82, 2.24) is 19.4 Å². The van der Waals surface area contributed by atoms with Crippen molar-refractivity contribution in [3.63, 3.8) is 0 Å². The second-order valence-electron chi connectivity index (χ2n) is 5.88. The topological polar surface area (TPSA) is 80.3 Å². The van der Waals surface area contributed by atoms with Crippen molar-refractivity contribution >= 4 is 11.5 Å². The molecule has 25 heavy (non-hydrogen) atoms. The molecule has 0 bridgehead atoms. The number of aromatic nitrogens is 3. The summed E-state index contributed by atoms with van der Waals surface area (Å²) in [6, 6.07) is 1.71. The van der Waals surface area contributed by atoms with Gasteiger partial charge >= 0.3 is 6.55 Å². The Morgan fingerprint density at radius 2 is 2.00 bits per heavy atom. The lowest BCUT2D eigenvalue weighted by atomic mass is 10.2. The van der Waals surface area contributed by atoms with E-state index in [4.69, 9.17) is 0 Å². The van der Waals surface area contributed by atoms with Crippen molar-refractivity contribution in [2.45, 2.75) is 20.0 Å². The van der Waals surface area contributed by atoms with Gasteiger partial charge in [0.1, 0.15) is 17.8 Å². The Morgan fingerprint density at radius 1 is 1.28 bits per heavy atom. The fourth-order valence-electron chi connectivity index (χ4n) is 2.88. The Balaban J connectivity index is 1.61. The maximum absolute atomic E-state index is 12.9. The van der Waals surface area contributed by atoms with Crippen LogP contribution in [0, 0.1) is 17.0 Å². The molecule has 0 spiro atoms. The second-order valence-corrected chi connectivity index (χ2v) is 5.88. The van der Waals surface area contributed by atoms with E-state index in [1.54, 1.807) is 13.0 Å². The first-order valence-corrected chi connectivity index (χ1v) is 7.84. The third-order valence-electron chi connectivity index (χ3n) is 4.29. The number of anilines is 1. The SMILES string of the molecule is Cc1cc(N2CCN(Cc3nccn3C(F)F)CC2)ncc1[N+](=O)[O-]. The molecular weight excluding hydrogens is 334 g/mol.